The number of ether oxygens (including phenoxy) is 2. The summed E-state index contributed by atoms with van der Waals surface area (Å²) in [6, 6.07) is 6.39. The summed E-state index contributed by atoms with van der Waals surface area (Å²) in [6.45, 7) is 2.82. The molecule has 1 N–H and O–H groups in total. The molecule has 0 bridgehead atoms. The van der Waals surface area contributed by atoms with Crippen molar-refractivity contribution in [3.8, 4) is 11.5 Å². The fraction of sp³-hybridized carbons (Fsp3) is 0.632. The molecular formula is C19H29N3O2. The van der Waals surface area contributed by atoms with Gasteiger partial charge in [0.25, 0.3) is 0 Å². The molecule has 5 heteroatoms. The number of benzene rings is 1. The molecule has 3 rings (SSSR count). The van der Waals surface area contributed by atoms with Gasteiger partial charge in [-0.05, 0) is 30.5 Å². The highest BCUT2D eigenvalue weighted by atomic mass is 16.5. The van der Waals surface area contributed by atoms with Crippen LogP contribution >= 0.6 is 0 Å². The minimum absolute atomic E-state index is 0.143. The van der Waals surface area contributed by atoms with Gasteiger partial charge in [0.15, 0.2) is 17.5 Å². The summed E-state index contributed by atoms with van der Waals surface area (Å²) in [6.07, 6.45) is 6.28. The molecular weight excluding hydrogens is 302 g/mol. The number of hydrogen-bond donors (Lipinski definition) is 1. The third-order valence-electron chi connectivity index (χ3n) is 5.45. The average molecular weight is 331 g/mol. The molecule has 1 fully saturated rings. The Labute approximate surface area is 145 Å². The van der Waals surface area contributed by atoms with Gasteiger partial charge in [-0.2, -0.15) is 0 Å². The summed E-state index contributed by atoms with van der Waals surface area (Å²) in [5.41, 5.74) is 1.48. The van der Waals surface area contributed by atoms with Crippen molar-refractivity contribution in [3.05, 3.63) is 23.8 Å². The molecule has 5 nitrogen and oxygen atoms in total. The molecule has 0 saturated heterocycles. The lowest BCUT2D eigenvalue weighted by Crippen LogP contribution is -2.45. The van der Waals surface area contributed by atoms with E-state index in [1.165, 1.54) is 37.7 Å². The molecule has 1 saturated carbocycles. The molecule has 1 aromatic carbocycles. The quantitative estimate of drug-likeness (QED) is 0.901. The maximum Gasteiger partial charge on any atom is 0.193 e. The lowest BCUT2D eigenvalue weighted by molar-refractivity contribution is 0.287. The molecule has 0 aromatic heterocycles. The van der Waals surface area contributed by atoms with Crippen LogP contribution in [0.3, 0.4) is 0 Å². The Hall–Kier alpha value is -1.91. The standard InChI is InChI=1S/C19H29N3O2/c1-22-12-11-20-18(22)21-14-19(9-5-4-6-10-19)15-7-8-16(23-2)17(13-15)24-3/h7-8,13H,4-6,9-12,14H2,1-3H3,(H,20,21). The fourth-order valence-corrected chi connectivity index (χ4v) is 3.93. The first-order valence-electron chi connectivity index (χ1n) is 8.90. The largest absolute Gasteiger partial charge is 0.493 e. The van der Waals surface area contributed by atoms with Crippen molar-refractivity contribution in [2.75, 3.05) is 40.9 Å². The van der Waals surface area contributed by atoms with Crippen LogP contribution in [0.2, 0.25) is 0 Å². The minimum atomic E-state index is 0.143. The number of nitrogens with zero attached hydrogens (tertiary/aromatic N) is 2. The van der Waals surface area contributed by atoms with E-state index in [1.54, 1.807) is 14.2 Å². The first-order chi connectivity index (χ1) is 11.7. The molecule has 0 unspecified atom stereocenters. The lowest BCUT2D eigenvalue weighted by atomic mass is 9.69. The van der Waals surface area contributed by atoms with E-state index >= 15 is 0 Å². The smallest absolute Gasteiger partial charge is 0.193 e. The molecule has 0 amide bonds. The predicted octanol–water partition coefficient (Wildman–Crippen LogP) is 2.80. The monoisotopic (exact) mass is 331 g/mol. The number of methoxy groups -OCH3 is 2. The Balaban J connectivity index is 1.85. The molecule has 1 aliphatic heterocycles. The highest BCUT2D eigenvalue weighted by Gasteiger charge is 2.35. The van der Waals surface area contributed by atoms with E-state index in [4.69, 9.17) is 9.47 Å². The lowest BCUT2D eigenvalue weighted by Gasteiger charge is -2.39. The zero-order chi connectivity index (χ0) is 17.0. The van der Waals surface area contributed by atoms with Crippen LogP contribution in [0.1, 0.15) is 37.7 Å². The second kappa shape index (κ2) is 7.32. The summed E-state index contributed by atoms with van der Waals surface area (Å²) in [7, 11) is 5.49. The maximum atomic E-state index is 5.53. The van der Waals surface area contributed by atoms with Crippen molar-refractivity contribution >= 4 is 5.96 Å². The number of hydrogen-bond acceptors (Lipinski definition) is 5. The van der Waals surface area contributed by atoms with E-state index in [1.807, 2.05) is 6.07 Å². The van der Waals surface area contributed by atoms with Crippen molar-refractivity contribution in [1.82, 2.24) is 10.2 Å². The topological polar surface area (TPSA) is 46.1 Å². The molecule has 0 spiro atoms. The molecule has 132 valence electrons. The van der Waals surface area contributed by atoms with Gasteiger partial charge in [-0.3, -0.25) is 4.99 Å². The number of nitrogens with one attached hydrogen (secondary N) is 1. The van der Waals surface area contributed by atoms with Gasteiger partial charge in [0.05, 0.1) is 20.8 Å². The highest BCUT2D eigenvalue weighted by molar-refractivity contribution is 5.81. The Morgan fingerprint density at radius 1 is 1.12 bits per heavy atom. The van der Waals surface area contributed by atoms with Gasteiger partial charge in [-0.15, -0.1) is 0 Å². The molecule has 1 aromatic rings. The van der Waals surface area contributed by atoms with E-state index in [0.29, 0.717) is 0 Å². The molecule has 24 heavy (non-hydrogen) atoms. The van der Waals surface area contributed by atoms with Gasteiger partial charge in [0.2, 0.25) is 0 Å². The first-order valence-corrected chi connectivity index (χ1v) is 8.90. The zero-order valence-corrected chi connectivity index (χ0v) is 15.1. The van der Waals surface area contributed by atoms with Crippen LogP contribution in [0, 0.1) is 0 Å². The van der Waals surface area contributed by atoms with Crippen LogP contribution < -0.4 is 14.8 Å². The van der Waals surface area contributed by atoms with Gasteiger partial charge in [0.1, 0.15) is 0 Å². The van der Waals surface area contributed by atoms with Crippen molar-refractivity contribution in [2.24, 2.45) is 4.99 Å². The van der Waals surface area contributed by atoms with E-state index in [2.05, 4.69) is 34.4 Å². The summed E-state index contributed by atoms with van der Waals surface area (Å²) < 4.78 is 10.9. The Morgan fingerprint density at radius 2 is 1.88 bits per heavy atom. The minimum Gasteiger partial charge on any atom is -0.493 e. The second-order valence-corrected chi connectivity index (χ2v) is 6.89. The first kappa shape index (κ1) is 16.9. The summed E-state index contributed by atoms with van der Waals surface area (Å²) in [4.78, 5) is 6.77. The molecule has 0 radical (unpaired) electrons. The van der Waals surface area contributed by atoms with E-state index in [-0.39, 0.29) is 5.41 Å². The second-order valence-electron chi connectivity index (χ2n) is 6.89. The summed E-state index contributed by atoms with van der Waals surface area (Å²) in [5, 5.41) is 3.61. The van der Waals surface area contributed by atoms with Crippen molar-refractivity contribution < 1.29 is 9.47 Å². The van der Waals surface area contributed by atoms with Crippen LogP contribution in [0.25, 0.3) is 0 Å². The van der Waals surface area contributed by atoms with Gasteiger partial charge >= 0.3 is 0 Å². The summed E-state index contributed by atoms with van der Waals surface area (Å²) >= 11 is 0. The SMILES string of the molecule is COc1ccc(C2(CNC3=NCCN3C)CCCCC2)cc1OC. The van der Waals surface area contributed by atoms with Crippen LogP contribution in [0.15, 0.2) is 23.2 Å². The molecule has 1 aliphatic carbocycles. The normalized spacial score (nSPS) is 19.8. The van der Waals surface area contributed by atoms with Crippen molar-refractivity contribution in [1.29, 1.82) is 0 Å². The third-order valence-corrected chi connectivity index (χ3v) is 5.45. The Morgan fingerprint density at radius 3 is 2.50 bits per heavy atom. The van der Waals surface area contributed by atoms with Crippen LogP contribution in [-0.2, 0) is 5.41 Å². The Bertz CT molecular complexity index is 594. The van der Waals surface area contributed by atoms with E-state index in [0.717, 1.165) is 37.1 Å². The number of guanidine groups is 1. The highest BCUT2D eigenvalue weighted by Crippen LogP contribution is 2.42. The van der Waals surface area contributed by atoms with Gasteiger partial charge in [-0.25, -0.2) is 0 Å². The van der Waals surface area contributed by atoms with Crippen LogP contribution in [-0.4, -0.2) is 51.8 Å². The van der Waals surface area contributed by atoms with Gasteiger partial charge in [0, 0.05) is 25.6 Å². The molecule has 0 atom stereocenters. The Kier molecular flexibility index (Phi) is 5.17. The predicted molar refractivity (Wildman–Crippen MR) is 97.2 cm³/mol. The van der Waals surface area contributed by atoms with Gasteiger partial charge in [-0.1, -0.05) is 25.3 Å². The average Bonchev–Trinajstić information content (AvgIpc) is 3.05. The zero-order valence-electron chi connectivity index (χ0n) is 15.1. The fourth-order valence-electron chi connectivity index (χ4n) is 3.93. The molecule has 1 heterocycles. The van der Waals surface area contributed by atoms with Crippen LogP contribution in [0.5, 0.6) is 11.5 Å². The number of aliphatic imine (C=N–C) groups is 1. The van der Waals surface area contributed by atoms with Crippen molar-refractivity contribution in [2.45, 2.75) is 37.5 Å². The van der Waals surface area contributed by atoms with E-state index in [9.17, 15) is 0 Å². The van der Waals surface area contributed by atoms with E-state index < -0.39 is 0 Å². The number of rotatable bonds is 5. The maximum absolute atomic E-state index is 5.53. The number of likely N-dealkylation sites (N-methyl/N-ethyl adjacent to an activating group) is 1. The van der Waals surface area contributed by atoms with Crippen LogP contribution in [0.4, 0.5) is 0 Å². The third kappa shape index (κ3) is 3.30. The van der Waals surface area contributed by atoms with Gasteiger partial charge < -0.3 is 19.7 Å². The summed E-state index contributed by atoms with van der Waals surface area (Å²) in [5.74, 6) is 2.63. The molecule has 2 aliphatic rings. The van der Waals surface area contributed by atoms with Crippen molar-refractivity contribution in [3.63, 3.8) is 0 Å².